The van der Waals surface area contributed by atoms with Crippen molar-refractivity contribution in [3.05, 3.63) is 47.5 Å². The van der Waals surface area contributed by atoms with Gasteiger partial charge in [-0.2, -0.15) is 0 Å². The molecule has 1 fully saturated rings. The summed E-state index contributed by atoms with van der Waals surface area (Å²) in [6, 6.07) is 5.19. The van der Waals surface area contributed by atoms with Gasteiger partial charge in [-0.1, -0.05) is 6.07 Å². The monoisotopic (exact) mass is 506 g/mol. The van der Waals surface area contributed by atoms with Gasteiger partial charge in [-0.15, -0.1) is 0 Å². The van der Waals surface area contributed by atoms with Gasteiger partial charge in [-0.05, 0) is 35.9 Å². The van der Waals surface area contributed by atoms with Crippen LogP contribution in [0.3, 0.4) is 0 Å². The van der Waals surface area contributed by atoms with Crippen LogP contribution in [0, 0.1) is 0 Å². The highest BCUT2D eigenvalue weighted by Crippen LogP contribution is 2.37. The molecule has 0 radical (unpaired) electrons. The molecule has 0 amide bonds. The Bertz CT molecular complexity index is 1200. The van der Waals surface area contributed by atoms with E-state index in [-0.39, 0.29) is 5.56 Å². The Hall–Kier alpha value is -4.49. The van der Waals surface area contributed by atoms with Crippen molar-refractivity contribution in [1.82, 2.24) is 0 Å². The molecular formula is C23H22O13. The van der Waals surface area contributed by atoms with Gasteiger partial charge >= 0.3 is 17.9 Å². The summed E-state index contributed by atoms with van der Waals surface area (Å²) in [5, 5.41) is 77.7. The van der Waals surface area contributed by atoms with Crippen LogP contribution in [0.2, 0.25) is 0 Å². The van der Waals surface area contributed by atoms with Crippen molar-refractivity contribution in [1.29, 1.82) is 0 Å². The molecule has 0 spiro atoms. The van der Waals surface area contributed by atoms with E-state index < -0.39 is 89.0 Å². The minimum atomic E-state index is -2.52. The van der Waals surface area contributed by atoms with Gasteiger partial charge in [0.1, 0.15) is 6.10 Å². The molecule has 8 N–H and O–H groups in total. The van der Waals surface area contributed by atoms with Crippen molar-refractivity contribution in [2.45, 2.75) is 36.8 Å². The number of carbonyl (C=O) groups excluding carboxylic acids is 2. The Morgan fingerprint density at radius 3 is 2.11 bits per heavy atom. The summed E-state index contributed by atoms with van der Waals surface area (Å²) in [5.41, 5.74) is -2.69. The number of carbonyl (C=O) groups is 3. The molecule has 0 unspecified atom stereocenters. The van der Waals surface area contributed by atoms with E-state index in [1.54, 1.807) is 0 Å². The minimum absolute atomic E-state index is 0.280. The van der Waals surface area contributed by atoms with Crippen LogP contribution >= 0.6 is 0 Å². The lowest BCUT2D eigenvalue weighted by Crippen LogP contribution is -2.58. The van der Waals surface area contributed by atoms with Gasteiger partial charge in [-0.3, -0.25) is 0 Å². The van der Waals surface area contributed by atoms with Crippen molar-refractivity contribution >= 4 is 24.0 Å². The fraction of sp³-hybridized carbons (Fsp3) is 0.261. The zero-order valence-electron chi connectivity index (χ0n) is 18.3. The van der Waals surface area contributed by atoms with Gasteiger partial charge in [0, 0.05) is 18.9 Å². The number of aliphatic hydroxyl groups is 2. The SMILES string of the molecule is O=C(/C=C/c1ccc(O)c(O)c1)O[C@@H]1C[C@](O)(C(=O)O)C[C@@H](O)[C@H]1OC(=O)c1cc(O)c(O)c(O)c1. The van der Waals surface area contributed by atoms with Gasteiger partial charge in [0.15, 0.2) is 40.5 Å². The first-order valence-corrected chi connectivity index (χ1v) is 10.3. The molecule has 0 heterocycles. The second-order valence-electron chi connectivity index (χ2n) is 8.10. The van der Waals surface area contributed by atoms with Gasteiger partial charge in [-0.25, -0.2) is 14.4 Å². The predicted octanol–water partition coefficient (Wildman–Crippen LogP) is 0.336. The van der Waals surface area contributed by atoms with Crippen LogP contribution in [-0.4, -0.2) is 82.7 Å². The number of phenols is 5. The summed E-state index contributed by atoms with van der Waals surface area (Å²) >= 11 is 0. The van der Waals surface area contributed by atoms with Crippen molar-refractivity contribution in [2.75, 3.05) is 0 Å². The first-order valence-electron chi connectivity index (χ1n) is 10.3. The summed E-state index contributed by atoms with van der Waals surface area (Å²) in [6.07, 6.45) is -4.59. The van der Waals surface area contributed by atoms with Crippen molar-refractivity contribution in [3.8, 4) is 28.7 Å². The topological polar surface area (TPSA) is 232 Å². The van der Waals surface area contributed by atoms with E-state index in [1.807, 2.05) is 0 Å². The molecule has 0 aliphatic heterocycles. The van der Waals surface area contributed by atoms with E-state index in [0.29, 0.717) is 0 Å². The maximum absolute atomic E-state index is 12.6. The molecular weight excluding hydrogens is 484 g/mol. The van der Waals surface area contributed by atoms with Gasteiger partial charge in [0.2, 0.25) is 0 Å². The number of hydrogen-bond acceptors (Lipinski definition) is 12. The van der Waals surface area contributed by atoms with Crippen molar-refractivity contribution in [3.63, 3.8) is 0 Å². The zero-order chi connectivity index (χ0) is 26.8. The third-order valence-electron chi connectivity index (χ3n) is 5.46. The first kappa shape index (κ1) is 26.1. The lowest BCUT2D eigenvalue weighted by Gasteiger charge is -2.40. The van der Waals surface area contributed by atoms with E-state index in [0.717, 1.165) is 24.3 Å². The summed E-state index contributed by atoms with van der Waals surface area (Å²) in [4.78, 5) is 36.5. The number of ether oxygens (including phenoxy) is 2. The lowest BCUT2D eigenvalue weighted by molar-refractivity contribution is -0.196. The van der Waals surface area contributed by atoms with Crippen LogP contribution in [-0.2, 0) is 19.1 Å². The Morgan fingerprint density at radius 2 is 1.53 bits per heavy atom. The number of hydrogen-bond donors (Lipinski definition) is 8. The molecule has 4 atom stereocenters. The fourth-order valence-corrected chi connectivity index (χ4v) is 3.59. The van der Waals surface area contributed by atoms with E-state index in [9.17, 15) is 55.2 Å². The van der Waals surface area contributed by atoms with E-state index in [2.05, 4.69) is 0 Å². The third kappa shape index (κ3) is 5.59. The van der Waals surface area contributed by atoms with Gasteiger partial charge in [0.05, 0.1) is 11.7 Å². The Kier molecular flexibility index (Phi) is 7.27. The number of phenolic OH excluding ortho intramolecular Hbond substituents is 5. The maximum atomic E-state index is 12.6. The summed E-state index contributed by atoms with van der Waals surface area (Å²) < 4.78 is 10.3. The molecule has 36 heavy (non-hydrogen) atoms. The van der Waals surface area contributed by atoms with Gasteiger partial charge < -0.3 is 50.3 Å². The van der Waals surface area contributed by atoms with E-state index >= 15 is 0 Å². The number of benzene rings is 2. The summed E-state index contributed by atoms with van der Waals surface area (Å²) in [6.45, 7) is 0. The number of aromatic hydroxyl groups is 5. The molecule has 192 valence electrons. The average Bonchev–Trinajstić information content (AvgIpc) is 2.80. The molecule has 3 rings (SSSR count). The summed E-state index contributed by atoms with van der Waals surface area (Å²) in [7, 11) is 0. The Labute approximate surface area is 202 Å². The highest BCUT2D eigenvalue weighted by atomic mass is 16.6. The van der Waals surface area contributed by atoms with Crippen LogP contribution in [0.1, 0.15) is 28.8 Å². The molecule has 2 aromatic carbocycles. The maximum Gasteiger partial charge on any atom is 0.338 e. The largest absolute Gasteiger partial charge is 0.504 e. The number of carboxylic acid groups (broad SMARTS) is 1. The van der Waals surface area contributed by atoms with Crippen LogP contribution in [0.25, 0.3) is 6.08 Å². The fourth-order valence-electron chi connectivity index (χ4n) is 3.59. The highest BCUT2D eigenvalue weighted by molar-refractivity contribution is 5.91. The predicted molar refractivity (Wildman–Crippen MR) is 117 cm³/mol. The number of esters is 2. The molecule has 1 aliphatic rings. The minimum Gasteiger partial charge on any atom is -0.504 e. The second kappa shape index (κ2) is 10.0. The standard InChI is InChI=1S/C23H22O13/c24-12-3-1-10(5-13(12)25)2-4-18(29)35-17-9-23(34,22(32)33)8-16(28)20(17)36-21(31)11-6-14(26)19(30)15(27)7-11/h1-7,16-17,20,24-28,30,34H,8-9H2,(H,32,33)/b4-2+/t16-,17-,20-,23+/m1/s1. The van der Waals surface area contributed by atoms with Crippen molar-refractivity contribution < 1.29 is 64.7 Å². The van der Waals surface area contributed by atoms with Crippen LogP contribution < -0.4 is 0 Å². The van der Waals surface area contributed by atoms with Crippen LogP contribution in [0.5, 0.6) is 28.7 Å². The van der Waals surface area contributed by atoms with E-state index in [4.69, 9.17) is 9.47 Å². The average molecular weight is 506 g/mol. The number of rotatable bonds is 6. The molecule has 13 nitrogen and oxygen atoms in total. The van der Waals surface area contributed by atoms with Crippen LogP contribution in [0.4, 0.5) is 0 Å². The first-order chi connectivity index (χ1) is 16.8. The van der Waals surface area contributed by atoms with E-state index in [1.165, 1.54) is 18.2 Å². The number of carboxylic acids is 1. The quantitative estimate of drug-likeness (QED) is 0.150. The third-order valence-corrected chi connectivity index (χ3v) is 5.46. The zero-order valence-corrected chi connectivity index (χ0v) is 18.3. The Morgan fingerprint density at radius 1 is 0.889 bits per heavy atom. The molecule has 1 saturated carbocycles. The molecule has 0 aromatic heterocycles. The molecule has 0 saturated heterocycles. The molecule has 1 aliphatic carbocycles. The number of aliphatic hydroxyl groups excluding tert-OH is 1. The van der Waals surface area contributed by atoms with Gasteiger partial charge in [0.25, 0.3) is 0 Å². The smallest absolute Gasteiger partial charge is 0.338 e. The lowest BCUT2D eigenvalue weighted by atomic mass is 9.79. The summed E-state index contributed by atoms with van der Waals surface area (Å²) in [5.74, 6) is -7.46. The highest BCUT2D eigenvalue weighted by Gasteiger charge is 2.52. The second-order valence-corrected chi connectivity index (χ2v) is 8.10. The normalized spacial score (nSPS) is 23.8. The van der Waals surface area contributed by atoms with Crippen LogP contribution in [0.15, 0.2) is 36.4 Å². The molecule has 0 bridgehead atoms. The number of aliphatic carboxylic acids is 1. The Balaban J connectivity index is 1.83. The molecule has 13 heteroatoms. The molecule has 2 aromatic rings. The van der Waals surface area contributed by atoms with Crippen molar-refractivity contribution in [2.24, 2.45) is 0 Å².